The Morgan fingerprint density at radius 3 is 2.30 bits per heavy atom. The highest BCUT2D eigenvalue weighted by Crippen LogP contribution is 2.28. The van der Waals surface area contributed by atoms with Crippen molar-refractivity contribution in [2.75, 3.05) is 37.7 Å². The fourth-order valence-electron chi connectivity index (χ4n) is 4.02. The van der Waals surface area contributed by atoms with E-state index in [-0.39, 0.29) is 37.4 Å². The molecule has 1 aliphatic heterocycles. The number of carbonyl (C=O) groups is 4. The summed E-state index contributed by atoms with van der Waals surface area (Å²) in [5.74, 6) is -1.14. The van der Waals surface area contributed by atoms with Gasteiger partial charge >= 0.3 is 12.2 Å². The molecule has 0 spiro atoms. The fraction of sp³-hybridized carbons (Fsp3) is 0.448. The molecule has 216 valence electrons. The van der Waals surface area contributed by atoms with Crippen LogP contribution in [0, 0.1) is 11.7 Å². The number of anilines is 1. The van der Waals surface area contributed by atoms with E-state index in [1.54, 1.807) is 52.0 Å². The third kappa shape index (κ3) is 8.42. The summed E-state index contributed by atoms with van der Waals surface area (Å²) in [7, 11) is 0. The zero-order chi connectivity index (χ0) is 29.4. The molecule has 1 fully saturated rings. The van der Waals surface area contributed by atoms with Gasteiger partial charge in [0, 0.05) is 44.4 Å². The number of hydrogen-bond donors (Lipinski definition) is 2. The van der Waals surface area contributed by atoms with E-state index in [0.29, 0.717) is 36.4 Å². The third-order valence-electron chi connectivity index (χ3n) is 6.14. The quantitative estimate of drug-likeness (QED) is 0.450. The van der Waals surface area contributed by atoms with Crippen molar-refractivity contribution in [1.82, 2.24) is 15.5 Å². The van der Waals surface area contributed by atoms with E-state index >= 15 is 4.39 Å². The van der Waals surface area contributed by atoms with Crippen molar-refractivity contribution >= 4 is 29.7 Å². The van der Waals surface area contributed by atoms with Gasteiger partial charge in [-0.1, -0.05) is 24.3 Å². The molecular formula is C29H37FN4O6. The second-order valence-electron chi connectivity index (χ2n) is 10.5. The van der Waals surface area contributed by atoms with Gasteiger partial charge in [0.15, 0.2) is 0 Å². The van der Waals surface area contributed by atoms with Gasteiger partial charge < -0.3 is 25.0 Å². The summed E-state index contributed by atoms with van der Waals surface area (Å²) in [6.07, 6.45) is -1.06. The van der Waals surface area contributed by atoms with Crippen molar-refractivity contribution in [3.8, 4) is 11.1 Å². The van der Waals surface area contributed by atoms with Gasteiger partial charge in [0.1, 0.15) is 18.0 Å². The van der Waals surface area contributed by atoms with Crippen molar-refractivity contribution in [2.45, 2.75) is 46.8 Å². The number of nitrogens with one attached hydrogen (secondary N) is 2. The molecule has 3 rings (SSSR count). The molecule has 1 aliphatic rings. The minimum Gasteiger partial charge on any atom is -0.447 e. The Labute approximate surface area is 233 Å². The predicted molar refractivity (Wildman–Crippen MR) is 148 cm³/mol. The highest BCUT2D eigenvalue weighted by Gasteiger charge is 2.37. The Balaban J connectivity index is 1.52. The first kappa shape index (κ1) is 30.4. The minimum absolute atomic E-state index is 0.00741. The molecule has 0 saturated carbocycles. The van der Waals surface area contributed by atoms with Crippen molar-refractivity contribution in [3.05, 3.63) is 53.8 Å². The van der Waals surface area contributed by atoms with Gasteiger partial charge in [0.25, 0.3) is 0 Å². The Kier molecular flexibility index (Phi) is 10.1. The van der Waals surface area contributed by atoms with Crippen LogP contribution in [0.1, 0.15) is 40.2 Å². The third-order valence-corrected chi connectivity index (χ3v) is 6.14. The molecule has 0 atom stereocenters. The van der Waals surface area contributed by atoms with Gasteiger partial charge in [0.05, 0.1) is 12.5 Å². The Hall–Kier alpha value is -4.15. The number of rotatable bonds is 9. The average Bonchev–Trinajstić information content (AvgIpc) is 2.84. The zero-order valence-electron chi connectivity index (χ0n) is 23.6. The van der Waals surface area contributed by atoms with Crippen molar-refractivity contribution < 1.29 is 33.0 Å². The van der Waals surface area contributed by atoms with Crippen LogP contribution in [0.5, 0.6) is 0 Å². The number of halogens is 1. The second kappa shape index (κ2) is 13.3. The summed E-state index contributed by atoms with van der Waals surface area (Å²) in [6.45, 7) is 9.92. The number of carbonyl (C=O) groups excluding carboxylic acids is 4. The van der Waals surface area contributed by atoms with Crippen LogP contribution >= 0.6 is 0 Å². The number of hydrogen-bond acceptors (Lipinski definition) is 6. The smallest absolute Gasteiger partial charge is 0.414 e. The molecule has 10 nitrogen and oxygen atoms in total. The van der Waals surface area contributed by atoms with Gasteiger partial charge in [-0.25, -0.2) is 14.0 Å². The van der Waals surface area contributed by atoms with E-state index in [2.05, 4.69) is 10.6 Å². The minimum atomic E-state index is -0.633. The number of benzene rings is 2. The van der Waals surface area contributed by atoms with Crippen LogP contribution in [0.2, 0.25) is 0 Å². The highest BCUT2D eigenvalue weighted by molar-refractivity contribution is 5.88. The largest absolute Gasteiger partial charge is 0.447 e. The number of likely N-dealkylation sites (tertiary alicyclic amines) is 1. The van der Waals surface area contributed by atoms with Crippen LogP contribution in [-0.4, -0.2) is 67.3 Å². The molecule has 2 aromatic carbocycles. The standard InChI is InChI=1S/C29H37FN4O6/c1-6-34(28(38)39-14-13-31-19(2)35)23-11-12-24(25(30)15-23)21-9-7-20(8-10-21)16-32-26(36)22-17-33(18-22)27(37)40-29(3,4)5/h7-12,15,22H,6,13-14,16-18H2,1-5H3,(H,31,35)(H,32,36). The molecule has 4 amide bonds. The van der Waals surface area contributed by atoms with Crippen LogP contribution in [0.3, 0.4) is 0 Å². The fourth-order valence-corrected chi connectivity index (χ4v) is 4.02. The molecule has 0 unspecified atom stereocenters. The molecule has 2 N–H and O–H groups in total. The lowest BCUT2D eigenvalue weighted by atomic mass is 9.99. The van der Waals surface area contributed by atoms with Gasteiger partial charge in [-0.2, -0.15) is 0 Å². The summed E-state index contributed by atoms with van der Waals surface area (Å²) in [4.78, 5) is 50.6. The molecule has 0 bridgehead atoms. The summed E-state index contributed by atoms with van der Waals surface area (Å²) >= 11 is 0. The first-order chi connectivity index (χ1) is 18.9. The number of nitrogens with zero attached hydrogens (tertiary/aromatic N) is 2. The first-order valence-electron chi connectivity index (χ1n) is 13.2. The first-order valence-corrected chi connectivity index (χ1v) is 13.2. The Morgan fingerprint density at radius 1 is 1.05 bits per heavy atom. The van der Waals surface area contributed by atoms with E-state index in [9.17, 15) is 19.2 Å². The summed E-state index contributed by atoms with van der Waals surface area (Å²) in [5.41, 5.74) is 1.63. The van der Waals surface area contributed by atoms with Crippen LogP contribution in [0.15, 0.2) is 42.5 Å². The highest BCUT2D eigenvalue weighted by atomic mass is 19.1. The lowest BCUT2D eigenvalue weighted by Gasteiger charge is -2.38. The van der Waals surface area contributed by atoms with Crippen LogP contribution in [0.25, 0.3) is 11.1 Å². The molecule has 0 aromatic heterocycles. The van der Waals surface area contributed by atoms with E-state index in [4.69, 9.17) is 9.47 Å². The summed E-state index contributed by atoms with van der Waals surface area (Å²) < 4.78 is 25.5. The van der Waals surface area contributed by atoms with Crippen molar-refractivity contribution in [2.24, 2.45) is 5.92 Å². The summed E-state index contributed by atoms with van der Waals surface area (Å²) in [6, 6.07) is 11.7. The van der Waals surface area contributed by atoms with E-state index in [0.717, 1.165) is 5.56 Å². The number of ether oxygens (including phenoxy) is 2. The van der Waals surface area contributed by atoms with Gasteiger partial charge in [-0.15, -0.1) is 0 Å². The average molecular weight is 557 g/mol. The van der Waals surface area contributed by atoms with E-state index < -0.39 is 23.6 Å². The molecule has 1 heterocycles. The second-order valence-corrected chi connectivity index (χ2v) is 10.5. The molecule has 11 heteroatoms. The normalized spacial score (nSPS) is 13.2. The van der Waals surface area contributed by atoms with Crippen molar-refractivity contribution in [1.29, 1.82) is 0 Å². The van der Waals surface area contributed by atoms with Gasteiger partial charge in [-0.05, 0) is 57.0 Å². The van der Waals surface area contributed by atoms with Crippen LogP contribution in [0.4, 0.5) is 19.7 Å². The van der Waals surface area contributed by atoms with Gasteiger partial charge in [0.2, 0.25) is 11.8 Å². The van der Waals surface area contributed by atoms with Crippen LogP contribution < -0.4 is 15.5 Å². The molecule has 0 radical (unpaired) electrons. The SMILES string of the molecule is CCN(C(=O)OCCNC(C)=O)c1ccc(-c2ccc(CNC(=O)C3CN(C(=O)OC(C)(C)C)C3)cc2)c(F)c1. The maximum Gasteiger partial charge on any atom is 0.414 e. The van der Waals surface area contributed by atoms with Crippen molar-refractivity contribution in [3.63, 3.8) is 0 Å². The monoisotopic (exact) mass is 556 g/mol. The molecule has 40 heavy (non-hydrogen) atoms. The van der Waals surface area contributed by atoms with Crippen LogP contribution in [-0.2, 0) is 25.6 Å². The molecule has 1 saturated heterocycles. The number of amides is 4. The zero-order valence-corrected chi connectivity index (χ0v) is 23.6. The lowest BCUT2D eigenvalue weighted by molar-refractivity contribution is -0.129. The lowest BCUT2D eigenvalue weighted by Crippen LogP contribution is -2.56. The Morgan fingerprint density at radius 2 is 1.73 bits per heavy atom. The van der Waals surface area contributed by atoms with E-state index in [1.165, 1.54) is 22.8 Å². The molecular weight excluding hydrogens is 519 g/mol. The molecule has 2 aromatic rings. The maximum atomic E-state index is 15.0. The summed E-state index contributed by atoms with van der Waals surface area (Å²) in [5, 5.41) is 5.42. The topological polar surface area (TPSA) is 117 Å². The Bertz CT molecular complexity index is 1220. The maximum absolute atomic E-state index is 15.0. The predicted octanol–water partition coefficient (Wildman–Crippen LogP) is 4.07. The van der Waals surface area contributed by atoms with Gasteiger partial charge in [-0.3, -0.25) is 14.5 Å². The molecule has 0 aliphatic carbocycles. The van der Waals surface area contributed by atoms with E-state index in [1.807, 2.05) is 12.1 Å².